The van der Waals surface area contributed by atoms with Gasteiger partial charge in [0.25, 0.3) is 5.91 Å². The summed E-state index contributed by atoms with van der Waals surface area (Å²) in [5, 5.41) is 5.95. The van der Waals surface area contributed by atoms with Gasteiger partial charge in [-0.15, -0.1) is 11.3 Å². The highest BCUT2D eigenvalue weighted by molar-refractivity contribution is 7.20. The minimum atomic E-state index is -0.167. The summed E-state index contributed by atoms with van der Waals surface area (Å²) in [5.74, 6) is 0.793. The molecule has 8 heteroatoms. The number of piperidine rings is 1. The number of hydrogen-bond acceptors (Lipinski definition) is 4. The molecular formula is C19H16Cl3N3OS. The molecule has 0 aliphatic carbocycles. The van der Waals surface area contributed by atoms with Crippen LogP contribution >= 0.6 is 46.1 Å². The van der Waals surface area contributed by atoms with E-state index in [1.807, 2.05) is 30.5 Å². The highest BCUT2D eigenvalue weighted by atomic mass is 35.5. The molecule has 4 nitrogen and oxygen atoms in total. The lowest BCUT2D eigenvalue weighted by atomic mass is 10.0. The first-order chi connectivity index (χ1) is 13.0. The van der Waals surface area contributed by atoms with Crippen molar-refractivity contribution in [2.24, 2.45) is 0 Å². The topological polar surface area (TPSA) is 45.2 Å². The number of carbonyl (C=O) groups is 1. The van der Waals surface area contributed by atoms with Crippen LogP contribution in [0.4, 0.5) is 5.82 Å². The van der Waals surface area contributed by atoms with Gasteiger partial charge >= 0.3 is 0 Å². The summed E-state index contributed by atoms with van der Waals surface area (Å²) in [5.41, 5.74) is 0.446. The lowest BCUT2D eigenvalue weighted by molar-refractivity contribution is 0.0931. The maximum Gasteiger partial charge on any atom is 0.253 e. The van der Waals surface area contributed by atoms with E-state index in [9.17, 15) is 4.79 Å². The van der Waals surface area contributed by atoms with Crippen LogP contribution in [0.3, 0.4) is 0 Å². The Bertz CT molecular complexity index is 999. The lowest BCUT2D eigenvalue weighted by Gasteiger charge is -2.33. The molecule has 0 atom stereocenters. The predicted molar refractivity (Wildman–Crippen MR) is 114 cm³/mol. The minimum Gasteiger partial charge on any atom is -0.356 e. The van der Waals surface area contributed by atoms with Crippen molar-refractivity contribution >= 4 is 68.6 Å². The van der Waals surface area contributed by atoms with Gasteiger partial charge in [-0.05, 0) is 48.6 Å². The smallest absolute Gasteiger partial charge is 0.253 e. The third-order valence-corrected chi connectivity index (χ3v) is 6.46. The second-order valence-corrected chi connectivity index (χ2v) is 9.19. The number of anilines is 1. The SMILES string of the molecule is O=C(NC1CCN(c2nccc3cc(Cl)ccc23)CC1)c1cc(Cl)sc1Cl. The van der Waals surface area contributed by atoms with Crippen molar-refractivity contribution < 1.29 is 4.79 Å². The van der Waals surface area contributed by atoms with Crippen LogP contribution in [-0.2, 0) is 0 Å². The fourth-order valence-corrected chi connectivity index (χ4v) is 5.02. The van der Waals surface area contributed by atoms with Gasteiger partial charge < -0.3 is 10.2 Å². The number of hydrogen-bond donors (Lipinski definition) is 1. The molecule has 1 aromatic carbocycles. The first-order valence-corrected chi connectivity index (χ1v) is 10.5. The zero-order valence-electron chi connectivity index (χ0n) is 14.2. The summed E-state index contributed by atoms with van der Waals surface area (Å²) in [7, 11) is 0. The average Bonchev–Trinajstić information content (AvgIpc) is 3.00. The maximum atomic E-state index is 12.4. The summed E-state index contributed by atoms with van der Waals surface area (Å²) in [4.78, 5) is 19.2. The van der Waals surface area contributed by atoms with Gasteiger partial charge in [0.15, 0.2) is 0 Å². The zero-order chi connectivity index (χ0) is 19.0. The van der Waals surface area contributed by atoms with E-state index in [0.29, 0.717) is 19.3 Å². The Balaban J connectivity index is 1.44. The number of thiophene rings is 1. The van der Waals surface area contributed by atoms with Gasteiger partial charge in [0.2, 0.25) is 0 Å². The fourth-order valence-electron chi connectivity index (χ4n) is 3.38. The third kappa shape index (κ3) is 4.02. The van der Waals surface area contributed by atoms with Gasteiger partial charge in [-0.25, -0.2) is 4.98 Å². The second kappa shape index (κ2) is 7.84. The molecule has 3 aromatic rings. The van der Waals surface area contributed by atoms with Crippen LogP contribution in [-0.4, -0.2) is 30.0 Å². The average molecular weight is 441 g/mol. The van der Waals surface area contributed by atoms with E-state index >= 15 is 0 Å². The quantitative estimate of drug-likeness (QED) is 0.572. The molecule has 1 fully saturated rings. The van der Waals surface area contributed by atoms with Crippen LogP contribution < -0.4 is 10.2 Å². The molecule has 1 amide bonds. The van der Waals surface area contributed by atoms with Crippen molar-refractivity contribution in [3.63, 3.8) is 0 Å². The highest BCUT2D eigenvalue weighted by Gasteiger charge is 2.24. The molecule has 0 radical (unpaired) electrons. The second-order valence-electron chi connectivity index (χ2n) is 6.47. The number of pyridine rings is 1. The van der Waals surface area contributed by atoms with Crippen molar-refractivity contribution in [2.75, 3.05) is 18.0 Å². The van der Waals surface area contributed by atoms with Gasteiger partial charge in [0.05, 0.1) is 9.90 Å². The Kier molecular flexibility index (Phi) is 5.46. The van der Waals surface area contributed by atoms with Crippen molar-refractivity contribution in [3.05, 3.63) is 55.8 Å². The number of nitrogens with one attached hydrogen (secondary N) is 1. The van der Waals surface area contributed by atoms with Crippen molar-refractivity contribution in [1.82, 2.24) is 10.3 Å². The zero-order valence-corrected chi connectivity index (χ0v) is 17.3. The maximum absolute atomic E-state index is 12.4. The van der Waals surface area contributed by atoms with Gasteiger partial charge in [-0.3, -0.25) is 4.79 Å². The fraction of sp³-hybridized carbons (Fsp3) is 0.263. The molecule has 1 aliphatic heterocycles. The molecule has 4 rings (SSSR count). The van der Waals surface area contributed by atoms with Crippen LogP contribution in [0, 0.1) is 0 Å². The number of fused-ring (bicyclic) bond motifs is 1. The standard InChI is InChI=1S/C19H16Cl3N3OS/c20-12-1-2-14-11(9-12)3-6-23-18(14)25-7-4-13(5-8-25)24-19(26)15-10-16(21)27-17(15)22/h1-3,6,9-10,13H,4-5,7-8H2,(H,24,26). The van der Waals surface area contributed by atoms with Crippen LogP contribution in [0.5, 0.6) is 0 Å². The molecule has 3 heterocycles. The van der Waals surface area contributed by atoms with Gasteiger partial charge in [0.1, 0.15) is 10.2 Å². The summed E-state index contributed by atoms with van der Waals surface area (Å²) in [6, 6.07) is 9.53. The summed E-state index contributed by atoms with van der Waals surface area (Å²) >= 11 is 19.3. The number of nitrogens with zero attached hydrogens (tertiary/aromatic N) is 2. The first-order valence-electron chi connectivity index (χ1n) is 8.56. The number of halogens is 3. The van der Waals surface area contributed by atoms with Crippen LogP contribution in [0.1, 0.15) is 23.2 Å². The van der Waals surface area contributed by atoms with E-state index in [0.717, 1.165) is 42.5 Å². The normalized spacial score (nSPS) is 15.3. The van der Waals surface area contributed by atoms with E-state index in [-0.39, 0.29) is 11.9 Å². The Morgan fingerprint density at radius 1 is 1.15 bits per heavy atom. The summed E-state index contributed by atoms with van der Waals surface area (Å²) in [6.45, 7) is 1.63. The van der Waals surface area contributed by atoms with Crippen LogP contribution in [0.2, 0.25) is 13.7 Å². The molecule has 0 saturated carbocycles. The molecule has 140 valence electrons. The Morgan fingerprint density at radius 3 is 2.63 bits per heavy atom. The van der Waals surface area contributed by atoms with Gasteiger partial charge in [0, 0.05) is 35.7 Å². The Morgan fingerprint density at radius 2 is 1.93 bits per heavy atom. The molecule has 1 aliphatic rings. The molecule has 1 saturated heterocycles. The molecular weight excluding hydrogens is 425 g/mol. The monoisotopic (exact) mass is 439 g/mol. The number of carbonyl (C=O) groups excluding carboxylic acids is 1. The van der Waals surface area contributed by atoms with E-state index in [4.69, 9.17) is 34.8 Å². The molecule has 0 unspecified atom stereocenters. The van der Waals surface area contributed by atoms with Gasteiger partial charge in [-0.2, -0.15) is 0 Å². The number of rotatable bonds is 3. The van der Waals surface area contributed by atoms with Crippen molar-refractivity contribution in [3.8, 4) is 0 Å². The van der Waals surface area contributed by atoms with E-state index in [1.54, 1.807) is 6.07 Å². The van der Waals surface area contributed by atoms with E-state index < -0.39 is 0 Å². The molecule has 1 N–H and O–H groups in total. The molecule has 27 heavy (non-hydrogen) atoms. The number of aromatic nitrogens is 1. The van der Waals surface area contributed by atoms with Crippen molar-refractivity contribution in [2.45, 2.75) is 18.9 Å². The third-order valence-electron chi connectivity index (χ3n) is 4.74. The lowest BCUT2D eigenvalue weighted by Crippen LogP contribution is -2.45. The number of amides is 1. The minimum absolute atomic E-state index is 0.105. The van der Waals surface area contributed by atoms with Gasteiger partial charge in [-0.1, -0.05) is 34.8 Å². The Labute approximate surface area is 176 Å². The summed E-state index contributed by atoms with van der Waals surface area (Å²) < 4.78 is 0.940. The summed E-state index contributed by atoms with van der Waals surface area (Å²) in [6.07, 6.45) is 3.49. The van der Waals surface area contributed by atoms with E-state index in [2.05, 4.69) is 15.2 Å². The predicted octanol–water partition coefficient (Wildman–Crippen LogP) is 5.66. The van der Waals surface area contributed by atoms with Crippen LogP contribution in [0.15, 0.2) is 36.5 Å². The first kappa shape index (κ1) is 18.8. The Hall–Kier alpha value is -1.53. The molecule has 2 aromatic heterocycles. The van der Waals surface area contributed by atoms with E-state index in [1.165, 1.54) is 11.3 Å². The highest BCUT2D eigenvalue weighted by Crippen LogP contribution is 2.32. The van der Waals surface area contributed by atoms with Crippen molar-refractivity contribution in [1.29, 1.82) is 0 Å². The molecule has 0 spiro atoms. The van der Waals surface area contributed by atoms with Crippen LogP contribution in [0.25, 0.3) is 10.8 Å². The largest absolute Gasteiger partial charge is 0.356 e. The molecule has 0 bridgehead atoms. The number of benzene rings is 1.